The minimum Gasteiger partial charge on any atom is -0.337 e. The van der Waals surface area contributed by atoms with E-state index in [0.29, 0.717) is 24.3 Å². The lowest BCUT2D eigenvalue weighted by Crippen LogP contribution is -2.26. The molecule has 0 saturated carbocycles. The van der Waals surface area contributed by atoms with Crippen molar-refractivity contribution in [1.29, 1.82) is 0 Å². The van der Waals surface area contributed by atoms with E-state index in [-0.39, 0.29) is 0 Å². The number of carbonyl (C=O) groups excluding carboxylic acids is 1. The third-order valence-electron chi connectivity index (χ3n) is 3.59. The van der Waals surface area contributed by atoms with Crippen LogP contribution in [0.2, 0.25) is 0 Å². The summed E-state index contributed by atoms with van der Waals surface area (Å²) in [5.74, 6) is 1.50. The molecular weight excluding hydrogens is 226 g/mol. The summed E-state index contributed by atoms with van der Waals surface area (Å²) in [6.45, 7) is 9.07. The fourth-order valence-corrected chi connectivity index (χ4v) is 2.79. The lowest BCUT2D eigenvalue weighted by molar-refractivity contribution is -0.128. The van der Waals surface area contributed by atoms with Gasteiger partial charge in [-0.05, 0) is 25.2 Å². The van der Waals surface area contributed by atoms with E-state index in [9.17, 15) is 4.79 Å². The topological polar surface area (TPSA) is 38.1 Å². The second-order valence-corrected chi connectivity index (χ2v) is 5.64. The van der Waals surface area contributed by atoms with Gasteiger partial charge in [0.15, 0.2) is 0 Å². The van der Waals surface area contributed by atoms with Gasteiger partial charge in [-0.2, -0.15) is 0 Å². The number of imidazole rings is 1. The second kappa shape index (κ2) is 5.55. The maximum absolute atomic E-state index is 12.0. The Morgan fingerprint density at radius 3 is 2.94 bits per heavy atom. The smallest absolute Gasteiger partial charge is 0.223 e. The van der Waals surface area contributed by atoms with E-state index >= 15 is 0 Å². The normalized spacial score (nSPS) is 20.1. The van der Waals surface area contributed by atoms with Crippen molar-refractivity contribution >= 4 is 5.91 Å². The molecule has 1 fully saturated rings. The number of carbonyl (C=O) groups is 1. The number of rotatable bonds is 5. The minimum absolute atomic E-state index is 0.296. The highest BCUT2D eigenvalue weighted by Crippen LogP contribution is 2.25. The summed E-state index contributed by atoms with van der Waals surface area (Å²) in [5.41, 5.74) is 1.14. The molecule has 1 aromatic heterocycles. The number of hydrogen-bond acceptors (Lipinski definition) is 2. The number of hydrogen-bond donors (Lipinski definition) is 0. The van der Waals surface area contributed by atoms with Crippen molar-refractivity contribution in [2.75, 3.05) is 6.54 Å². The third kappa shape index (κ3) is 2.92. The summed E-state index contributed by atoms with van der Waals surface area (Å²) in [4.78, 5) is 18.1. The van der Waals surface area contributed by atoms with Crippen LogP contribution in [0.4, 0.5) is 0 Å². The molecule has 0 bridgehead atoms. The third-order valence-corrected chi connectivity index (χ3v) is 3.59. The van der Waals surface area contributed by atoms with E-state index in [4.69, 9.17) is 0 Å². The van der Waals surface area contributed by atoms with Crippen LogP contribution >= 0.6 is 0 Å². The molecule has 2 rings (SSSR count). The molecule has 1 aliphatic heterocycles. The van der Waals surface area contributed by atoms with Crippen LogP contribution in [0.5, 0.6) is 0 Å². The van der Waals surface area contributed by atoms with Crippen LogP contribution in [0.3, 0.4) is 0 Å². The summed E-state index contributed by atoms with van der Waals surface area (Å²) < 4.78 is 2.10. The molecule has 0 radical (unpaired) electrons. The molecule has 1 saturated heterocycles. The van der Waals surface area contributed by atoms with E-state index in [1.807, 2.05) is 17.4 Å². The Kier molecular flexibility index (Phi) is 4.04. The first kappa shape index (κ1) is 13.1. The van der Waals surface area contributed by atoms with Gasteiger partial charge < -0.3 is 9.47 Å². The molecule has 4 heteroatoms. The van der Waals surface area contributed by atoms with Gasteiger partial charge in [0.25, 0.3) is 0 Å². The molecular formula is C14H23N3O. The number of nitrogens with zero attached hydrogens (tertiary/aromatic N) is 3. The number of aryl methyl sites for hydroxylation is 1. The number of amides is 1. The van der Waals surface area contributed by atoms with E-state index in [0.717, 1.165) is 31.6 Å². The maximum atomic E-state index is 12.0. The molecule has 100 valence electrons. The summed E-state index contributed by atoms with van der Waals surface area (Å²) in [6.07, 6.45) is 5.57. The molecule has 0 spiro atoms. The quantitative estimate of drug-likeness (QED) is 0.803. The zero-order valence-electron chi connectivity index (χ0n) is 11.6. The largest absolute Gasteiger partial charge is 0.337 e. The zero-order valence-corrected chi connectivity index (χ0v) is 11.6. The van der Waals surface area contributed by atoms with Crippen molar-refractivity contribution in [3.05, 3.63) is 18.2 Å². The van der Waals surface area contributed by atoms with Gasteiger partial charge in [0.05, 0.1) is 18.6 Å². The van der Waals surface area contributed by atoms with Gasteiger partial charge in [-0.15, -0.1) is 0 Å². The lowest BCUT2D eigenvalue weighted by Gasteiger charge is -2.18. The van der Waals surface area contributed by atoms with Crippen LogP contribution in [0.15, 0.2) is 12.5 Å². The van der Waals surface area contributed by atoms with E-state index in [2.05, 4.69) is 30.3 Å². The summed E-state index contributed by atoms with van der Waals surface area (Å²) in [5, 5.41) is 0. The first-order valence-electron chi connectivity index (χ1n) is 6.87. The van der Waals surface area contributed by atoms with Crippen LogP contribution in [0.1, 0.15) is 39.3 Å². The van der Waals surface area contributed by atoms with Crippen molar-refractivity contribution in [2.45, 2.75) is 46.7 Å². The lowest BCUT2D eigenvalue weighted by atomic mass is 9.96. The van der Waals surface area contributed by atoms with Crippen molar-refractivity contribution in [3.8, 4) is 0 Å². The van der Waals surface area contributed by atoms with Crippen molar-refractivity contribution in [2.24, 2.45) is 11.8 Å². The van der Waals surface area contributed by atoms with Crippen LogP contribution in [-0.2, 0) is 17.9 Å². The molecule has 1 atom stereocenters. The van der Waals surface area contributed by atoms with Crippen molar-refractivity contribution < 1.29 is 4.79 Å². The summed E-state index contributed by atoms with van der Waals surface area (Å²) >= 11 is 0. The van der Waals surface area contributed by atoms with Crippen molar-refractivity contribution in [3.63, 3.8) is 0 Å². The fraction of sp³-hybridized carbons (Fsp3) is 0.714. The van der Waals surface area contributed by atoms with E-state index in [1.54, 1.807) is 0 Å². The highest BCUT2D eigenvalue weighted by atomic mass is 16.2. The Morgan fingerprint density at radius 1 is 1.50 bits per heavy atom. The van der Waals surface area contributed by atoms with E-state index < -0.39 is 0 Å². The standard InChI is InChI=1S/C14H23N3O/c1-4-16-10-15-7-13(16)9-17-8-12(5-11(2)3)6-14(17)18/h7,10-12H,4-6,8-9H2,1-3H3. The Bertz CT molecular complexity index is 411. The van der Waals surface area contributed by atoms with Gasteiger partial charge >= 0.3 is 0 Å². The Balaban J connectivity index is 1.96. The van der Waals surface area contributed by atoms with Gasteiger partial charge in [-0.25, -0.2) is 4.98 Å². The predicted octanol–water partition coefficient (Wildman–Crippen LogP) is 2.30. The predicted molar refractivity (Wildman–Crippen MR) is 70.9 cm³/mol. The molecule has 1 unspecified atom stereocenters. The molecule has 0 aliphatic carbocycles. The molecule has 0 aromatic carbocycles. The average molecular weight is 249 g/mol. The highest BCUT2D eigenvalue weighted by molar-refractivity contribution is 5.78. The van der Waals surface area contributed by atoms with Crippen LogP contribution in [0, 0.1) is 11.8 Å². The SMILES string of the molecule is CCn1cncc1CN1CC(CC(C)C)CC1=O. The maximum Gasteiger partial charge on any atom is 0.223 e. The molecule has 4 nitrogen and oxygen atoms in total. The number of aromatic nitrogens is 2. The van der Waals surface area contributed by atoms with Crippen LogP contribution in [0.25, 0.3) is 0 Å². The van der Waals surface area contributed by atoms with Crippen LogP contribution < -0.4 is 0 Å². The van der Waals surface area contributed by atoms with Crippen molar-refractivity contribution in [1.82, 2.24) is 14.5 Å². The second-order valence-electron chi connectivity index (χ2n) is 5.64. The first-order valence-corrected chi connectivity index (χ1v) is 6.87. The van der Waals surface area contributed by atoms with E-state index in [1.165, 1.54) is 0 Å². The summed E-state index contributed by atoms with van der Waals surface area (Å²) in [6, 6.07) is 0. The fourth-order valence-electron chi connectivity index (χ4n) is 2.79. The van der Waals surface area contributed by atoms with Gasteiger partial charge in [-0.1, -0.05) is 13.8 Å². The van der Waals surface area contributed by atoms with Gasteiger partial charge in [0.1, 0.15) is 0 Å². The first-order chi connectivity index (χ1) is 8.60. The average Bonchev–Trinajstić information content (AvgIpc) is 2.86. The molecule has 1 aromatic rings. The Hall–Kier alpha value is -1.32. The van der Waals surface area contributed by atoms with Gasteiger partial charge in [0, 0.05) is 25.7 Å². The molecule has 1 aliphatic rings. The van der Waals surface area contributed by atoms with Crippen LogP contribution in [-0.4, -0.2) is 26.9 Å². The minimum atomic E-state index is 0.296. The monoisotopic (exact) mass is 249 g/mol. The number of likely N-dealkylation sites (tertiary alicyclic amines) is 1. The zero-order chi connectivity index (χ0) is 13.1. The molecule has 2 heterocycles. The van der Waals surface area contributed by atoms with Gasteiger partial charge in [0.2, 0.25) is 5.91 Å². The highest BCUT2D eigenvalue weighted by Gasteiger charge is 2.30. The summed E-state index contributed by atoms with van der Waals surface area (Å²) in [7, 11) is 0. The molecule has 18 heavy (non-hydrogen) atoms. The molecule has 1 amide bonds. The van der Waals surface area contributed by atoms with Gasteiger partial charge in [-0.3, -0.25) is 4.79 Å². The Morgan fingerprint density at radius 2 is 2.28 bits per heavy atom. The Labute approximate surface area is 109 Å². The molecule has 0 N–H and O–H groups in total.